The zero-order chi connectivity index (χ0) is 15.4. The molecule has 0 aliphatic carbocycles. The van der Waals surface area contributed by atoms with Gasteiger partial charge in [-0.1, -0.05) is 17.7 Å². The fourth-order valence-electron chi connectivity index (χ4n) is 1.85. The molecule has 3 nitrogen and oxygen atoms in total. The van der Waals surface area contributed by atoms with Crippen LogP contribution >= 0.6 is 11.6 Å². The highest BCUT2D eigenvalue weighted by Crippen LogP contribution is 2.25. The van der Waals surface area contributed by atoms with E-state index in [-0.39, 0.29) is 17.5 Å². The standard InChI is InChI=1S/C16H15ClFNO2/c1-10(11-3-6-16(21-2)14(18)8-11)19-9-12-7-13(17)4-5-15(12)20/h3-10,20H,1-2H3/t10-/m1/s1. The molecule has 0 radical (unpaired) electrons. The summed E-state index contributed by atoms with van der Waals surface area (Å²) in [6, 6.07) is 9.15. The molecule has 1 N–H and O–H groups in total. The Morgan fingerprint density at radius 1 is 1.29 bits per heavy atom. The van der Waals surface area contributed by atoms with Crippen molar-refractivity contribution in [1.29, 1.82) is 0 Å². The Labute approximate surface area is 127 Å². The molecule has 0 fully saturated rings. The maximum absolute atomic E-state index is 13.7. The number of halogens is 2. The molecular formula is C16H15ClFNO2. The molecule has 2 aromatic carbocycles. The fourth-order valence-corrected chi connectivity index (χ4v) is 2.03. The number of methoxy groups -OCH3 is 1. The fraction of sp³-hybridized carbons (Fsp3) is 0.188. The van der Waals surface area contributed by atoms with Gasteiger partial charge in [0, 0.05) is 16.8 Å². The van der Waals surface area contributed by atoms with Crippen LogP contribution < -0.4 is 4.74 Å². The van der Waals surface area contributed by atoms with Crippen LogP contribution in [-0.4, -0.2) is 18.4 Å². The zero-order valence-electron chi connectivity index (χ0n) is 11.7. The minimum Gasteiger partial charge on any atom is -0.507 e. The molecule has 110 valence electrons. The molecule has 0 amide bonds. The second kappa shape index (κ2) is 6.59. The van der Waals surface area contributed by atoms with Gasteiger partial charge in [-0.05, 0) is 42.8 Å². The van der Waals surface area contributed by atoms with E-state index in [1.165, 1.54) is 25.5 Å². The summed E-state index contributed by atoms with van der Waals surface area (Å²) in [4.78, 5) is 4.31. The summed E-state index contributed by atoms with van der Waals surface area (Å²) in [7, 11) is 1.42. The first-order chi connectivity index (χ1) is 10.0. The SMILES string of the molecule is COc1ccc([C@@H](C)N=Cc2cc(Cl)ccc2O)cc1F. The van der Waals surface area contributed by atoms with Gasteiger partial charge in [-0.3, -0.25) is 4.99 Å². The van der Waals surface area contributed by atoms with E-state index in [9.17, 15) is 9.50 Å². The number of nitrogens with zero attached hydrogens (tertiary/aromatic N) is 1. The van der Waals surface area contributed by atoms with E-state index >= 15 is 0 Å². The van der Waals surface area contributed by atoms with Gasteiger partial charge in [0.15, 0.2) is 11.6 Å². The first kappa shape index (κ1) is 15.3. The Hall–Kier alpha value is -2.07. The predicted molar refractivity (Wildman–Crippen MR) is 82.1 cm³/mol. The largest absolute Gasteiger partial charge is 0.507 e. The molecule has 2 rings (SSSR count). The minimum atomic E-state index is -0.428. The van der Waals surface area contributed by atoms with Gasteiger partial charge in [-0.15, -0.1) is 0 Å². The molecule has 0 bridgehead atoms. The number of hydrogen-bond donors (Lipinski definition) is 1. The molecule has 21 heavy (non-hydrogen) atoms. The smallest absolute Gasteiger partial charge is 0.165 e. The van der Waals surface area contributed by atoms with Crippen molar-refractivity contribution in [3.63, 3.8) is 0 Å². The van der Waals surface area contributed by atoms with Crippen LogP contribution in [0.5, 0.6) is 11.5 Å². The molecule has 0 spiro atoms. The maximum atomic E-state index is 13.7. The summed E-state index contributed by atoms with van der Waals surface area (Å²) in [5, 5.41) is 10.2. The highest BCUT2D eigenvalue weighted by molar-refractivity contribution is 6.30. The van der Waals surface area contributed by atoms with E-state index in [0.29, 0.717) is 16.1 Å². The highest BCUT2D eigenvalue weighted by atomic mass is 35.5. The third kappa shape index (κ3) is 3.73. The topological polar surface area (TPSA) is 41.8 Å². The van der Waals surface area contributed by atoms with E-state index in [2.05, 4.69) is 4.99 Å². The normalized spacial score (nSPS) is 12.6. The number of aliphatic imine (C=N–C) groups is 1. The third-order valence-electron chi connectivity index (χ3n) is 3.09. The number of phenols is 1. The molecule has 0 aliphatic heterocycles. The number of rotatable bonds is 4. The average molecular weight is 308 g/mol. The summed E-state index contributed by atoms with van der Waals surface area (Å²) in [6.07, 6.45) is 1.52. The van der Waals surface area contributed by atoms with Gasteiger partial charge in [0.2, 0.25) is 0 Å². The van der Waals surface area contributed by atoms with Crippen LogP contribution in [0.3, 0.4) is 0 Å². The monoisotopic (exact) mass is 307 g/mol. The van der Waals surface area contributed by atoms with Crippen molar-refractivity contribution < 1.29 is 14.2 Å². The lowest BCUT2D eigenvalue weighted by Crippen LogP contribution is -1.95. The number of phenolic OH excluding ortho intramolecular Hbond substituents is 1. The van der Waals surface area contributed by atoms with Gasteiger partial charge in [0.25, 0.3) is 0 Å². The van der Waals surface area contributed by atoms with Crippen LogP contribution in [0, 0.1) is 5.82 Å². The van der Waals surface area contributed by atoms with Crippen LogP contribution in [0.25, 0.3) is 0 Å². The minimum absolute atomic E-state index is 0.0938. The Morgan fingerprint density at radius 2 is 2.05 bits per heavy atom. The number of hydrogen-bond acceptors (Lipinski definition) is 3. The van der Waals surface area contributed by atoms with E-state index < -0.39 is 5.82 Å². The van der Waals surface area contributed by atoms with Gasteiger partial charge in [-0.25, -0.2) is 4.39 Å². The summed E-state index contributed by atoms with van der Waals surface area (Å²) < 4.78 is 18.5. The highest BCUT2D eigenvalue weighted by Gasteiger charge is 2.08. The van der Waals surface area contributed by atoms with E-state index in [1.807, 2.05) is 6.92 Å². The van der Waals surface area contributed by atoms with Crippen molar-refractivity contribution in [1.82, 2.24) is 0 Å². The van der Waals surface area contributed by atoms with Crippen molar-refractivity contribution in [2.45, 2.75) is 13.0 Å². The molecule has 0 aliphatic rings. The van der Waals surface area contributed by atoms with E-state index in [0.717, 1.165) is 0 Å². The summed E-state index contributed by atoms with van der Waals surface area (Å²) >= 11 is 5.87. The van der Waals surface area contributed by atoms with Crippen LogP contribution in [-0.2, 0) is 0 Å². The van der Waals surface area contributed by atoms with Crippen LogP contribution in [0.15, 0.2) is 41.4 Å². The molecule has 2 aromatic rings. The molecule has 0 aromatic heterocycles. The Morgan fingerprint density at radius 3 is 2.71 bits per heavy atom. The third-order valence-corrected chi connectivity index (χ3v) is 3.32. The van der Waals surface area contributed by atoms with Gasteiger partial charge in [0.1, 0.15) is 5.75 Å². The lowest BCUT2D eigenvalue weighted by molar-refractivity contribution is 0.386. The second-order valence-electron chi connectivity index (χ2n) is 4.55. The first-order valence-electron chi connectivity index (χ1n) is 6.36. The Bertz CT molecular complexity index is 673. The lowest BCUT2D eigenvalue weighted by Gasteiger charge is -2.09. The second-order valence-corrected chi connectivity index (χ2v) is 4.99. The van der Waals surface area contributed by atoms with Gasteiger partial charge < -0.3 is 9.84 Å². The quantitative estimate of drug-likeness (QED) is 0.852. The molecular weight excluding hydrogens is 293 g/mol. The van der Waals surface area contributed by atoms with Crippen LogP contribution in [0.2, 0.25) is 5.02 Å². The number of aromatic hydroxyl groups is 1. The molecule has 0 heterocycles. The van der Waals surface area contributed by atoms with Gasteiger partial charge >= 0.3 is 0 Å². The van der Waals surface area contributed by atoms with Crippen molar-refractivity contribution in [2.24, 2.45) is 4.99 Å². The molecule has 0 unspecified atom stereocenters. The van der Waals surface area contributed by atoms with Gasteiger partial charge in [0.05, 0.1) is 13.2 Å². The Balaban J connectivity index is 2.20. The Kier molecular flexibility index (Phi) is 4.81. The molecule has 0 saturated carbocycles. The van der Waals surface area contributed by atoms with Crippen molar-refractivity contribution in [3.8, 4) is 11.5 Å². The summed E-state index contributed by atoms with van der Waals surface area (Å²) in [6.45, 7) is 1.83. The first-order valence-corrected chi connectivity index (χ1v) is 6.74. The average Bonchev–Trinajstić information content (AvgIpc) is 2.47. The molecule has 1 atom stereocenters. The maximum Gasteiger partial charge on any atom is 0.165 e. The van der Waals surface area contributed by atoms with Crippen molar-refractivity contribution in [2.75, 3.05) is 7.11 Å². The number of ether oxygens (including phenoxy) is 1. The van der Waals surface area contributed by atoms with Crippen molar-refractivity contribution >= 4 is 17.8 Å². The van der Waals surface area contributed by atoms with E-state index in [1.54, 1.807) is 24.3 Å². The lowest BCUT2D eigenvalue weighted by atomic mass is 10.1. The predicted octanol–water partition coefficient (Wildman–Crippen LogP) is 4.37. The van der Waals surface area contributed by atoms with Gasteiger partial charge in [-0.2, -0.15) is 0 Å². The number of benzene rings is 2. The summed E-state index contributed by atoms with van der Waals surface area (Å²) in [5.74, 6) is -0.138. The molecule has 5 heteroatoms. The zero-order valence-corrected chi connectivity index (χ0v) is 12.4. The van der Waals surface area contributed by atoms with Crippen LogP contribution in [0.1, 0.15) is 24.1 Å². The summed E-state index contributed by atoms with van der Waals surface area (Å²) in [5.41, 5.74) is 1.23. The molecule has 0 saturated heterocycles. The van der Waals surface area contributed by atoms with E-state index in [4.69, 9.17) is 16.3 Å². The van der Waals surface area contributed by atoms with Crippen molar-refractivity contribution in [3.05, 3.63) is 58.4 Å². The van der Waals surface area contributed by atoms with Crippen LogP contribution in [0.4, 0.5) is 4.39 Å².